The van der Waals surface area contributed by atoms with Crippen LogP contribution >= 0.6 is 0 Å². The van der Waals surface area contributed by atoms with Crippen molar-refractivity contribution in [1.29, 1.82) is 0 Å². The van der Waals surface area contributed by atoms with Gasteiger partial charge in [-0.15, -0.1) is 0 Å². The van der Waals surface area contributed by atoms with E-state index in [0.29, 0.717) is 29.6 Å². The van der Waals surface area contributed by atoms with Crippen molar-refractivity contribution in [3.8, 4) is 11.1 Å². The van der Waals surface area contributed by atoms with E-state index < -0.39 is 11.6 Å². The Morgan fingerprint density at radius 3 is 2.23 bits per heavy atom. The number of halogens is 3. The minimum Gasteiger partial charge on any atom is -0.368 e. The number of epoxide rings is 1. The molecule has 0 bridgehead atoms. The number of rotatable bonds is 6. The lowest BCUT2D eigenvalue weighted by Crippen LogP contribution is -2.12. The summed E-state index contributed by atoms with van der Waals surface area (Å²) in [7, 11) is 0. The summed E-state index contributed by atoms with van der Waals surface area (Å²) in [6, 6.07) is 16.2. The fraction of sp³-hybridized carbons (Fsp3) is 0.290. The van der Waals surface area contributed by atoms with Gasteiger partial charge >= 0.3 is 0 Å². The van der Waals surface area contributed by atoms with Gasteiger partial charge in [-0.3, -0.25) is 0 Å². The topological polar surface area (TPSA) is 12.5 Å². The van der Waals surface area contributed by atoms with Gasteiger partial charge in [-0.25, -0.2) is 13.2 Å². The van der Waals surface area contributed by atoms with Gasteiger partial charge in [0.05, 0.1) is 6.61 Å². The molecule has 0 N–H and O–H groups in total. The third kappa shape index (κ3) is 5.28. The highest BCUT2D eigenvalue weighted by atomic mass is 19.2. The molecule has 3 aromatic carbocycles. The van der Waals surface area contributed by atoms with E-state index in [1.54, 1.807) is 36.4 Å². The molecule has 0 amide bonds. The minimum atomic E-state index is -0.822. The van der Waals surface area contributed by atoms with Gasteiger partial charge in [0.1, 0.15) is 11.9 Å². The van der Waals surface area contributed by atoms with Gasteiger partial charge in [-0.1, -0.05) is 72.8 Å². The molecular weight excluding hydrogens is 445 g/mol. The van der Waals surface area contributed by atoms with Crippen LogP contribution in [0.3, 0.4) is 0 Å². The Bertz CT molecular complexity index is 1250. The second kappa shape index (κ2) is 10.2. The third-order valence-corrected chi connectivity index (χ3v) is 7.19. The third-order valence-electron chi connectivity index (χ3n) is 7.19. The molecule has 0 radical (unpaired) electrons. The van der Waals surface area contributed by atoms with Crippen molar-refractivity contribution in [3.05, 3.63) is 106 Å². The lowest BCUT2D eigenvalue weighted by atomic mass is 9.78. The predicted octanol–water partition coefficient (Wildman–Crippen LogP) is 8.86. The van der Waals surface area contributed by atoms with E-state index in [4.69, 9.17) is 4.74 Å². The predicted molar refractivity (Wildman–Crippen MR) is 135 cm³/mol. The van der Waals surface area contributed by atoms with E-state index in [0.717, 1.165) is 36.8 Å². The molecule has 1 nitrogen and oxygen atoms in total. The van der Waals surface area contributed by atoms with Crippen molar-refractivity contribution in [3.63, 3.8) is 0 Å². The van der Waals surface area contributed by atoms with Crippen LogP contribution in [-0.2, 0) is 4.74 Å². The first-order chi connectivity index (χ1) is 17.0. The van der Waals surface area contributed by atoms with Crippen LogP contribution in [0.2, 0.25) is 0 Å². The van der Waals surface area contributed by atoms with Gasteiger partial charge in [0.2, 0.25) is 0 Å². The molecule has 35 heavy (non-hydrogen) atoms. The zero-order valence-corrected chi connectivity index (χ0v) is 19.8. The summed E-state index contributed by atoms with van der Waals surface area (Å²) < 4.78 is 49.3. The molecule has 2 aliphatic rings. The summed E-state index contributed by atoms with van der Waals surface area (Å²) in [5.41, 5.74) is 3.88. The van der Waals surface area contributed by atoms with Gasteiger partial charge in [0.15, 0.2) is 11.6 Å². The Hall–Kier alpha value is -3.11. The van der Waals surface area contributed by atoms with Crippen LogP contribution in [0.15, 0.2) is 66.7 Å². The lowest BCUT2D eigenvalue weighted by molar-refractivity contribution is 0.375. The van der Waals surface area contributed by atoms with Gasteiger partial charge in [-0.2, -0.15) is 0 Å². The van der Waals surface area contributed by atoms with Crippen molar-refractivity contribution < 1.29 is 17.9 Å². The minimum absolute atomic E-state index is 0.0759. The van der Waals surface area contributed by atoms with Gasteiger partial charge in [-0.05, 0) is 67.2 Å². The summed E-state index contributed by atoms with van der Waals surface area (Å²) in [6.45, 7) is 2.54. The molecule has 1 atom stereocenters. The van der Waals surface area contributed by atoms with Crippen LogP contribution in [-0.4, -0.2) is 6.61 Å². The maximum absolute atomic E-state index is 14.9. The van der Waals surface area contributed by atoms with Crippen LogP contribution in [0, 0.1) is 23.4 Å². The van der Waals surface area contributed by atoms with Crippen LogP contribution in [0.1, 0.15) is 66.9 Å². The summed E-state index contributed by atoms with van der Waals surface area (Å²) in [5.74, 6) is -1.19. The summed E-state index contributed by atoms with van der Waals surface area (Å²) >= 11 is 0. The number of benzene rings is 3. The quantitative estimate of drug-likeness (QED) is 0.325. The van der Waals surface area contributed by atoms with Crippen molar-refractivity contribution >= 4 is 12.2 Å². The Balaban J connectivity index is 1.22. The summed E-state index contributed by atoms with van der Waals surface area (Å²) in [5, 5.41) is 0. The maximum atomic E-state index is 14.9. The summed E-state index contributed by atoms with van der Waals surface area (Å²) in [4.78, 5) is 0. The van der Waals surface area contributed by atoms with Crippen LogP contribution in [0.25, 0.3) is 23.3 Å². The second-order valence-corrected chi connectivity index (χ2v) is 9.53. The molecule has 1 saturated heterocycles. The standard InChI is InChI=1S/C31H29F3O/c1-2-3-20-6-11-23(12-7-20)26-16-14-24(30(33)31(26)34)13-8-21-4-9-22(10-5-21)25-15-17-27(28(32)18-25)29-19-35-29/h2-3,6-8,11-18,21-22,29H,4-5,9-10,19H2,1H3/b3-2+,13-8+. The lowest BCUT2D eigenvalue weighted by Gasteiger charge is -2.27. The first-order valence-electron chi connectivity index (χ1n) is 12.3. The number of ether oxygens (including phenoxy) is 1. The Morgan fingerprint density at radius 2 is 1.57 bits per heavy atom. The summed E-state index contributed by atoms with van der Waals surface area (Å²) in [6.07, 6.45) is 11.3. The van der Waals surface area contributed by atoms with Crippen molar-refractivity contribution in [2.24, 2.45) is 5.92 Å². The van der Waals surface area contributed by atoms with Crippen LogP contribution in [0.5, 0.6) is 0 Å². The molecule has 0 spiro atoms. The average molecular weight is 475 g/mol. The maximum Gasteiger partial charge on any atom is 0.167 e. The SMILES string of the molecule is C/C=C/c1ccc(-c2ccc(/C=C/C3CCC(c4ccc(C5CO5)c(F)c4)CC3)c(F)c2F)cc1. The molecule has 4 heteroatoms. The molecule has 1 unspecified atom stereocenters. The largest absolute Gasteiger partial charge is 0.368 e. The first-order valence-corrected chi connectivity index (χ1v) is 12.3. The smallest absolute Gasteiger partial charge is 0.167 e. The molecule has 3 aromatic rings. The fourth-order valence-corrected chi connectivity index (χ4v) is 5.05. The van der Waals surface area contributed by atoms with Gasteiger partial charge < -0.3 is 4.74 Å². The molecule has 180 valence electrons. The van der Waals surface area contributed by atoms with Crippen molar-refractivity contribution in [2.45, 2.75) is 44.6 Å². The normalized spacial score (nSPS) is 22.2. The second-order valence-electron chi connectivity index (χ2n) is 9.53. The Labute approximate surface area is 205 Å². The van der Waals surface area contributed by atoms with E-state index in [9.17, 15) is 13.2 Å². The Kier molecular flexibility index (Phi) is 6.92. The average Bonchev–Trinajstić information content (AvgIpc) is 3.71. The Morgan fingerprint density at radius 1 is 0.829 bits per heavy atom. The first kappa shape index (κ1) is 23.6. The van der Waals surface area contributed by atoms with Crippen molar-refractivity contribution in [2.75, 3.05) is 6.61 Å². The number of allylic oxidation sites excluding steroid dienone is 2. The van der Waals surface area contributed by atoms with E-state index in [1.165, 1.54) is 0 Å². The molecule has 1 saturated carbocycles. The van der Waals surface area contributed by atoms with Gasteiger partial charge in [0, 0.05) is 16.7 Å². The van der Waals surface area contributed by atoms with E-state index >= 15 is 0 Å². The zero-order valence-electron chi connectivity index (χ0n) is 19.8. The van der Waals surface area contributed by atoms with E-state index in [2.05, 4.69) is 0 Å². The number of hydrogen-bond donors (Lipinski definition) is 0. The number of hydrogen-bond acceptors (Lipinski definition) is 1. The zero-order chi connectivity index (χ0) is 24.4. The fourth-order valence-electron chi connectivity index (χ4n) is 5.05. The van der Waals surface area contributed by atoms with Crippen molar-refractivity contribution in [1.82, 2.24) is 0 Å². The molecule has 1 aliphatic carbocycles. The highest BCUT2D eigenvalue weighted by Crippen LogP contribution is 2.39. The highest BCUT2D eigenvalue weighted by Gasteiger charge is 2.29. The molecule has 0 aromatic heterocycles. The molecule has 1 heterocycles. The van der Waals surface area contributed by atoms with E-state index in [-0.39, 0.29) is 23.0 Å². The molecule has 1 aliphatic heterocycles. The van der Waals surface area contributed by atoms with E-state index in [1.807, 2.05) is 49.4 Å². The molecule has 2 fully saturated rings. The molecule has 5 rings (SSSR count). The monoisotopic (exact) mass is 474 g/mol. The molecular formula is C31H29F3O. The van der Waals surface area contributed by atoms with Crippen LogP contribution < -0.4 is 0 Å². The van der Waals surface area contributed by atoms with Crippen LogP contribution in [0.4, 0.5) is 13.2 Å². The van der Waals surface area contributed by atoms with Gasteiger partial charge in [0.25, 0.3) is 0 Å². The highest BCUT2D eigenvalue weighted by molar-refractivity contribution is 5.68.